The number of hydrogen-bond acceptors (Lipinski definition) is 5. The molecule has 1 aromatic carbocycles. The third-order valence-corrected chi connectivity index (χ3v) is 6.99. The van der Waals surface area contributed by atoms with Gasteiger partial charge in [-0.05, 0) is 44.2 Å². The van der Waals surface area contributed by atoms with Gasteiger partial charge in [-0.15, -0.1) is 0 Å². The highest BCUT2D eigenvalue weighted by atomic mass is 32.2. The molecule has 2 atom stereocenters. The molecule has 2 heterocycles. The molecule has 8 nitrogen and oxygen atoms in total. The Morgan fingerprint density at radius 2 is 1.97 bits per heavy atom. The van der Waals surface area contributed by atoms with Crippen LogP contribution in [0.25, 0.3) is 0 Å². The third kappa shape index (κ3) is 5.24. The number of morpholine rings is 1. The molecule has 1 unspecified atom stereocenters. The van der Waals surface area contributed by atoms with E-state index in [2.05, 4.69) is 5.32 Å². The average molecular weight is 423 g/mol. The molecule has 1 saturated heterocycles. The van der Waals surface area contributed by atoms with Crippen molar-refractivity contribution >= 4 is 21.6 Å². The zero-order valence-electron chi connectivity index (χ0n) is 17.0. The van der Waals surface area contributed by atoms with E-state index in [0.29, 0.717) is 38.5 Å². The number of sulfonamides is 1. The van der Waals surface area contributed by atoms with Crippen molar-refractivity contribution in [3.05, 3.63) is 47.9 Å². The van der Waals surface area contributed by atoms with Gasteiger partial charge in [0.2, 0.25) is 10.0 Å². The van der Waals surface area contributed by atoms with Gasteiger partial charge in [0.15, 0.2) is 11.8 Å². The number of furan rings is 1. The average Bonchev–Trinajstić information content (AvgIpc) is 3.12. The maximum Gasteiger partial charge on any atom is 0.282 e. The second-order valence-corrected chi connectivity index (χ2v) is 9.23. The van der Waals surface area contributed by atoms with E-state index in [1.165, 1.54) is 10.4 Å². The van der Waals surface area contributed by atoms with Crippen LogP contribution in [-0.2, 0) is 26.1 Å². The zero-order valence-corrected chi connectivity index (χ0v) is 17.8. The highest BCUT2D eigenvalue weighted by molar-refractivity contribution is 7.89. The van der Waals surface area contributed by atoms with Gasteiger partial charge >= 0.3 is 0 Å². The van der Waals surface area contributed by atoms with Crippen molar-refractivity contribution in [3.63, 3.8) is 0 Å². The molecule has 1 aromatic heterocycles. The molecule has 2 N–H and O–H groups in total. The van der Waals surface area contributed by atoms with Gasteiger partial charge < -0.3 is 19.4 Å². The van der Waals surface area contributed by atoms with Crippen LogP contribution >= 0.6 is 0 Å². The normalized spacial score (nSPS) is 17.6. The quantitative estimate of drug-likeness (QED) is 0.684. The van der Waals surface area contributed by atoms with Crippen molar-refractivity contribution in [1.29, 1.82) is 0 Å². The van der Waals surface area contributed by atoms with Gasteiger partial charge in [-0.25, -0.2) is 8.42 Å². The van der Waals surface area contributed by atoms with Crippen molar-refractivity contribution in [1.82, 2.24) is 4.31 Å². The number of hydrogen-bond donors (Lipinski definition) is 2. The van der Waals surface area contributed by atoms with E-state index >= 15 is 0 Å². The number of aryl methyl sites for hydroxylation is 1. The van der Waals surface area contributed by atoms with Gasteiger partial charge in [0, 0.05) is 18.8 Å². The molecule has 1 amide bonds. The van der Waals surface area contributed by atoms with Crippen LogP contribution in [0.3, 0.4) is 0 Å². The molecule has 0 aliphatic carbocycles. The number of nitrogens with zero attached hydrogens (tertiary/aromatic N) is 1. The predicted octanol–water partition coefficient (Wildman–Crippen LogP) is 0.651. The molecule has 0 bridgehead atoms. The van der Waals surface area contributed by atoms with Crippen molar-refractivity contribution in [3.8, 4) is 0 Å². The third-order valence-electron chi connectivity index (χ3n) is 5.09. The summed E-state index contributed by atoms with van der Waals surface area (Å²) in [5.74, 6) is 1.47. The molecule has 158 valence electrons. The maximum absolute atomic E-state index is 12.8. The number of amides is 1. The highest BCUT2D eigenvalue weighted by Crippen LogP contribution is 2.20. The van der Waals surface area contributed by atoms with Gasteiger partial charge in [0.1, 0.15) is 12.3 Å². The van der Waals surface area contributed by atoms with Crippen LogP contribution in [0, 0.1) is 6.92 Å². The molecule has 29 heavy (non-hydrogen) atoms. The van der Waals surface area contributed by atoms with E-state index in [0.717, 1.165) is 16.4 Å². The first-order valence-corrected chi connectivity index (χ1v) is 11.1. The minimum Gasteiger partial charge on any atom is -0.460 e. The number of benzene rings is 1. The number of likely N-dealkylation sites (N-methyl/N-ethyl adjacent to an activating group) is 1. The van der Waals surface area contributed by atoms with Gasteiger partial charge in [-0.3, -0.25) is 4.79 Å². The van der Waals surface area contributed by atoms with Crippen LogP contribution in [0.4, 0.5) is 5.69 Å². The molecule has 1 aliphatic rings. The van der Waals surface area contributed by atoms with E-state index in [9.17, 15) is 13.2 Å². The van der Waals surface area contributed by atoms with Crippen molar-refractivity contribution in [2.24, 2.45) is 0 Å². The molecule has 0 saturated carbocycles. The molecule has 2 aromatic rings. The minimum absolute atomic E-state index is 0.164. The Morgan fingerprint density at radius 1 is 1.24 bits per heavy atom. The first-order valence-electron chi connectivity index (χ1n) is 9.64. The Hall–Kier alpha value is -2.20. The minimum atomic E-state index is -3.61. The maximum atomic E-state index is 12.8. The van der Waals surface area contributed by atoms with E-state index in [1.54, 1.807) is 18.2 Å². The SMILES string of the molecule is Cc1ccc(C[NH+](C)[C@H](C)C(=O)Nc2cccc(S(=O)(=O)N3CCOCC3)c2)o1. The molecule has 3 rings (SSSR count). The lowest BCUT2D eigenvalue weighted by molar-refractivity contribution is -0.908. The fourth-order valence-corrected chi connectivity index (χ4v) is 4.61. The van der Waals surface area contributed by atoms with Gasteiger partial charge in [-0.2, -0.15) is 4.31 Å². The van der Waals surface area contributed by atoms with Crippen molar-refractivity contribution in [2.75, 3.05) is 38.7 Å². The van der Waals surface area contributed by atoms with Gasteiger partial charge in [0.25, 0.3) is 5.91 Å². The van der Waals surface area contributed by atoms with E-state index in [1.807, 2.05) is 33.0 Å². The smallest absolute Gasteiger partial charge is 0.282 e. The van der Waals surface area contributed by atoms with Crippen molar-refractivity contribution in [2.45, 2.75) is 31.3 Å². The molecular weight excluding hydrogens is 394 g/mol. The van der Waals surface area contributed by atoms with Crippen LogP contribution in [0.5, 0.6) is 0 Å². The second kappa shape index (κ2) is 9.08. The summed E-state index contributed by atoms with van der Waals surface area (Å²) in [6, 6.07) is 9.82. The first kappa shape index (κ1) is 21.5. The van der Waals surface area contributed by atoms with E-state index < -0.39 is 10.0 Å². The van der Waals surface area contributed by atoms with E-state index in [-0.39, 0.29) is 16.8 Å². The standard InChI is InChI=1S/C20H27N3O5S/c1-15-7-8-18(28-15)14-22(3)16(2)20(24)21-17-5-4-6-19(13-17)29(25,26)23-9-11-27-12-10-23/h4-8,13,16H,9-12,14H2,1-3H3,(H,21,24)/p+1/t16-/m1/s1. The number of rotatable bonds is 7. The number of anilines is 1. The van der Waals surface area contributed by atoms with E-state index in [4.69, 9.17) is 9.15 Å². The summed E-state index contributed by atoms with van der Waals surface area (Å²) in [6.45, 7) is 5.72. The van der Waals surface area contributed by atoms with Crippen molar-refractivity contribution < 1.29 is 27.3 Å². The lowest BCUT2D eigenvalue weighted by Gasteiger charge is -2.26. The number of quaternary nitrogens is 1. The molecule has 0 spiro atoms. The lowest BCUT2D eigenvalue weighted by atomic mass is 10.2. The van der Waals surface area contributed by atoms with Crippen LogP contribution in [-0.4, -0.2) is 58.0 Å². The Labute approximate surface area is 171 Å². The van der Waals surface area contributed by atoms with Crippen LogP contribution in [0.1, 0.15) is 18.4 Å². The summed E-state index contributed by atoms with van der Waals surface area (Å²) >= 11 is 0. The number of nitrogens with one attached hydrogen (secondary N) is 2. The topological polar surface area (TPSA) is 93.3 Å². The first-order chi connectivity index (χ1) is 13.8. The Morgan fingerprint density at radius 3 is 2.62 bits per heavy atom. The fourth-order valence-electron chi connectivity index (χ4n) is 3.15. The molecule has 0 radical (unpaired) electrons. The molecular formula is C20H28N3O5S+. The molecule has 1 aliphatic heterocycles. The zero-order chi connectivity index (χ0) is 21.0. The Balaban J connectivity index is 1.66. The fraction of sp³-hybridized carbons (Fsp3) is 0.450. The lowest BCUT2D eigenvalue weighted by Crippen LogP contribution is -3.12. The molecule has 1 fully saturated rings. The van der Waals surface area contributed by atoms with Crippen LogP contribution in [0.2, 0.25) is 0 Å². The van der Waals surface area contributed by atoms with Crippen LogP contribution in [0.15, 0.2) is 45.7 Å². The van der Waals surface area contributed by atoms with Gasteiger partial charge in [-0.1, -0.05) is 6.07 Å². The Bertz CT molecular complexity index is 951. The number of carbonyl (C=O) groups excluding carboxylic acids is 1. The number of ether oxygens (including phenoxy) is 1. The summed E-state index contributed by atoms with van der Waals surface area (Å²) in [4.78, 5) is 13.8. The Kier molecular flexibility index (Phi) is 6.74. The summed E-state index contributed by atoms with van der Waals surface area (Å²) in [5, 5.41) is 2.83. The monoisotopic (exact) mass is 422 g/mol. The largest absolute Gasteiger partial charge is 0.460 e. The molecule has 9 heteroatoms. The number of carbonyl (C=O) groups is 1. The van der Waals surface area contributed by atoms with Crippen LogP contribution < -0.4 is 10.2 Å². The summed E-state index contributed by atoms with van der Waals surface area (Å²) in [5.41, 5.74) is 0.456. The highest BCUT2D eigenvalue weighted by Gasteiger charge is 2.27. The summed E-state index contributed by atoms with van der Waals surface area (Å²) in [7, 11) is -1.69. The predicted molar refractivity (Wildman–Crippen MR) is 108 cm³/mol. The second-order valence-electron chi connectivity index (χ2n) is 7.29. The summed E-state index contributed by atoms with van der Waals surface area (Å²) < 4.78 is 37.8. The van der Waals surface area contributed by atoms with Gasteiger partial charge in [0.05, 0.1) is 25.2 Å². The summed E-state index contributed by atoms with van der Waals surface area (Å²) in [6.07, 6.45) is 0.